The van der Waals surface area contributed by atoms with E-state index in [-0.39, 0.29) is 25.2 Å². The number of hydrogen-bond acceptors (Lipinski definition) is 5. The maximum Gasteiger partial charge on any atom is 0.306 e. The number of rotatable bonds is 56. The number of allylic oxidation sites excluding steroid dienone is 4. The Kier molecular flexibility index (Phi) is 56.3. The van der Waals surface area contributed by atoms with Crippen LogP contribution >= 0.6 is 0 Å². The van der Waals surface area contributed by atoms with Crippen LogP contribution in [-0.2, 0) is 19.1 Å². The fraction of sp³-hybridized carbons (Fsp3) is 0.902. The Labute approximate surface area is 413 Å². The van der Waals surface area contributed by atoms with Gasteiger partial charge in [-0.3, -0.25) is 9.59 Å². The van der Waals surface area contributed by atoms with Gasteiger partial charge in [0.15, 0.2) is 6.10 Å². The normalized spacial score (nSPS) is 12.2. The lowest BCUT2D eigenvalue weighted by Crippen LogP contribution is -2.28. The van der Waals surface area contributed by atoms with E-state index in [1.165, 1.54) is 270 Å². The number of aliphatic hydroxyl groups is 1. The van der Waals surface area contributed by atoms with Gasteiger partial charge < -0.3 is 14.6 Å². The molecular weight excluding hydrogens is 813 g/mol. The molecule has 0 rings (SSSR count). The highest BCUT2D eigenvalue weighted by atomic mass is 16.6. The number of unbranched alkanes of at least 4 members (excludes halogenated alkanes) is 44. The molecule has 0 aliphatic heterocycles. The molecule has 5 nitrogen and oxygen atoms in total. The summed E-state index contributed by atoms with van der Waals surface area (Å²) in [7, 11) is 0. The molecule has 1 N–H and O–H groups in total. The van der Waals surface area contributed by atoms with E-state index in [0.717, 1.165) is 38.5 Å². The molecule has 1 atom stereocenters. The first-order valence-electron chi connectivity index (χ1n) is 29.9. The van der Waals surface area contributed by atoms with Gasteiger partial charge in [0.1, 0.15) is 6.61 Å². The smallest absolute Gasteiger partial charge is 0.306 e. The molecule has 0 saturated carbocycles. The molecule has 66 heavy (non-hydrogen) atoms. The van der Waals surface area contributed by atoms with Gasteiger partial charge in [-0.1, -0.05) is 301 Å². The van der Waals surface area contributed by atoms with Crippen molar-refractivity contribution in [2.45, 2.75) is 341 Å². The molecule has 0 aliphatic rings. The number of carbonyl (C=O) groups is 2. The Morgan fingerprint density at radius 1 is 0.348 bits per heavy atom. The number of hydrogen-bond donors (Lipinski definition) is 1. The van der Waals surface area contributed by atoms with Crippen molar-refractivity contribution in [3.05, 3.63) is 24.3 Å². The average Bonchev–Trinajstić information content (AvgIpc) is 3.32. The maximum absolute atomic E-state index is 12.3. The van der Waals surface area contributed by atoms with Crippen LogP contribution in [0.15, 0.2) is 24.3 Å². The van der Waals surface area contributed by atoms with Crippen molar-refractivity contribution < 1.29 is 24.2 Å². The van der Waals surface area contributed by atoms with E-state index >= 15 is 0 Å². The van der Waals surface area contributed by atoms with Gasteiger partial charge in [0.2, 0.25) is 0 Å². The molecule has 0 amide bonds. The minimum absolute atomic E-state index is 0.0620. The van der Waals surface area contributed by atoms with Crippen molar-refractivity contribution in [3.8, 4) is 0 Å². The van der Waals surface area contributed by atoms with Crippen LogP contribution < -0.4 is 0 Å². The largest absolute Gasteiger partial charge is 0.462 e. The second-order valence-electron chi connectivity index (χ2n) is 20.4. The fourth-order valence-corrected chi connectivity index (χ4v) is 9.24. The van der Waals surface area contributed by atoms with Crippen LogP contribution in [0, 0.1) is 0 Å². The van der Waals surface area contributed by atoms with Crippen LogP contribution in [0.4, 0.5) is 0 Å². The second-order valence-corrected chi connectivity index (χ2v) is 20.4. The molecular formula is C61H116O5. The Balaban J connectivity index is 3.38. The Morgan fingerprint density at radius 3 is 0.924 bits per heavy atom. The zero-order chi connectivity index (χ0) is 47.7. The maximum atomic E-state index is 12.3. The molecule has 5 heteroatoms. The van der Waals surface area contributed by atoms with Gasteiger partial charge in [0.05, 0.1) is 6.61 Å². The predicted molar refractivity (Wildman–Crippen MR) is 288 cm³/mol. The second kappa shape index (κ2) is 57.7. The van der Waals surface area contributed by atoms with Gasteiger partial charge in [-0.05, 0) is 44.9 Å². The summed E-state index contributed by atoms with van der Waals surface area (Å²) in [6, 6.07) is 0. The monoisotopic (exact) mass is 929 g/mol. The lowest BCUT2D eigenvalue weighted by molar-refractivity contribution is -0.161. The molecule has 0 saturated heterocycles. The minimum Gasteiger partial charge on any atom is -0.462 e. The molecule has 0 radical (unpaired) electrons. The summed E-state index contributed by atoms with van der Waals surface area (Å²) in [5, 5.41) is 9.65. The van der Waals surface area contributed by atoms with E-state index in [1.54, 1.807) is 0 Å². The molecule has 0 fully saturated rings. The van der Waals surface area contributed by atoms with E-state index in [4.69, 9.17) is 9.47 Å². The minimum atomic E-state index is -0.771. The molecule has 0 aromatic heterocycles. The van der Waals surface area contributed by atoms with E-state index < -0.39 is 6.10 Å². The molecule has 0 aromatic carbocycles. The molecule has 0 aliphatic carbocycles. The van der Waals surface area contributed by atoms with Crippen molar-refractivity contribution >= 4 is 11.9 Å². The third-order valence-electron chi connectivity index (χ3n) is 13.7. The first-order chi connectivity index (χ1) is 32.6. The average molecular weight is 930 g/mol. The predicted octanol–water partition coefficient (Wildman–Crippen LogP) is 20.1. The molecule has 0 aromatic rings. The van der Waals surface area contributed by atoms with Gasteiger partial charge >= 0.3 is 11.9 Å². The fourth-order valence-electron chi connectivity index (χ4n) is 9.24. The molecule has 0 heterocycles. The Bertz CT molecular complexity index is 1010. The van der Waals surface area contributed by atoms with Crippen LogP contribution in [0.25, 0.3) is 0 Å². The van der Waals surface area contributed by atoms with Crippen molar-refractivity contribution in [1.82, 2.24) is 0 Å². The molecule has 390 valence electrons. The summed E-state index contributed by atoms with van der Waals surface area (Å²) in [4.78, 5) is 24.5. The molecule has 0 spiro atoms. The molecule has 0 bridgehead atoms. The Hall–Kier alpha value is -1.62. The van der Waals surface area contributed by atoms with Crippen LogP contribution in [0.1, 0.15) is 335 Å². The van der Waals surface area contributed by atoms with Crippen LogP contribution in [-0.4, -0.2) is 36.4 Å². The summed E-state index contributed by atoms with van der Waals surface area (Å²) >= 11 is 0. The van der Waals surface area contributed by atoms with Gasteiger partial charge in [-0.2, -0.15) is 0 Å². The number of carbonyl (C=O) groups excluding carboxylic acids is 2. The van der Waals surface area contributed by atoms with Crippen molar-refractivity contribution in [2.75, 3.05) is 13.2 Å². The van der Waals surface area contributed by atoms with Gasteiger partial charge in [0, 0.05) is 12.8 Å². The standard InChI is InChI=1S/C61H116O5/c1-3-5-7-9-11-13-15-17-19-21-23-24-25-26-27-28-29-30-31-32-33-34-35-36-38-39-41-43-45-47-49-51-53-55-60(63)65-58-59(57-62)66-61(64)56-54-52-50-48-46-44-42-40-37-22-20-18-16-14-12-10-8-6-4-2/h12,14,18,20,59,62H,3-11,13,15-17,19,21-58H2,1-2H3/b14-12-,20-18-. The summed E-state index contributed by atoms with van der Waals surface area (Å²) in [5.74, 6) is -0.577. The first kappa shape index (κ1) is 64.4. The van der Waals surface area contributed by atoms with E-state index in [1.807, 2.05) is 0 Å². The highest BCUT2D eigenvalue weighted by Gasteiger charge is 2.16. The van der Waals surface area contributed by atoms with E-state index in [2.05, 4.69) is 38.2 Å². The lowest BCUT2D eigenvalue weighted by Gasteiger charge is -2.15. The van der Waals surface area contributed by atoms with Crippen LogP contribution in [0.3, 0.4) is 0 Å². The summed E-state index contributed by atoms with van der Waals surface area (Å²) in [6.45, 7) is 4.16. The van der Waals surface area contributed by atoms with Gasteiger partial charge in [-0.25, -0.2) is 0 Å². The molecule has 1 unspecified atom stereocenters. The summed E-state index contributed by atoms with van der Waals surface area (Å²) < 4.78 is 10.7. The van der Waals surface area contributed by atoms with Crippen LogP contribution in [0.2, 0.25) is 0 Å². The van der Waals surface area contributed by atoms with Crippen molar-refractivity contribution in [3.63, 3.8) is 0 Å². The van der Waals surface area contributed by atoms with Gasteiger partial charge in [0.25, 0.3) is 0 Å². The topological polar surface area (TPSA) is 72.8 Å². The first-order valence-corrected chi connectivity index (χ1v) is 29.9. The summed E-state index contributed by atoms with van der Waals surface area (Å²) in [6.07, 6.45) is 73.2. The zero-order valence-electron chi connectivity index (χ0n) is 44.7. The van der Waals surface area contributed by atoms with Crippen molar-refractivity contribution in [1.29, 1.82) is 0 Å². The van der Waals surface area contributed by atoms with Crippen LogP contribution in [0.5, 0.6) is 0 Å². The number of aliphatic hydroxyl groups excluding tert-OH is 1. The van der Waals surface area contributed by atoms with Gasteiger partial charge in [-0.15, -0.1) is 0 Å². The summed E-state index contributed by atoms with van der Waals surface area (Å²) in [5.41, 5.74) is 0. The number of ether oxygens (including phenoxy) is 2. The number of esters is 2. The Morgan fingerprint density at radius 2 is 0.606 bits per heavy atom. The van der Waals surface area contributed by atoms with Crippen molar-refractivity contribution in [2.24, 2.45) is 0 Å². The zero-order valence-corrected chi connectivity index (χ0v) is 44.7. The third-order valence-corrected chi connectivity index (χ3v) is 13.7. The van der Waals surface area contributed by atoms with E-state index in [9.17, 15) is 14.7 Å². The third kappa shape index (κ3) is 55.0. The van der Waals surface area contributed by atoms with E-state index in [0.29, 0.717) is 12.8 Å². The highest BCUT2D eigenvalue weighted by molar-refractivity contribution is 5.70. The quantitative estimate of drug-likeness (QED) is 0.0374. The lowest BCUT2D eigenvalue weighted by atomic mass is 10.0. The SMILES string of the molecule is CCCCC/C=C\C/C=C\CCCCCCCCCCCC(=O)OC(CO)COC(=O)CCCCCCCCCCCCCCCCCCCCCCCCCCCCCCCCCCC. The highest BCUT2D eigenvalue weighted by Crippen LogP contribution is 2.18.